The number of carbonyl (C=O) groups excluding carboxylic acids is 2. The minimum absolute atomic E-state index is 0.112. The number of nitrogens with one attached hydrogen (secondary N) is 2. The lowest BCUT2D eigenvalue weighted by atomic mass is 9.82. The van der Waals surface area contributed by atoms with Gasteiger partial charge in [-0.15, -0.1) is 0 Å². The van der Waals surface area contributed by atoms with Crippen molar-refractivity contribution >= 4 is 11.9 Å². The number of fused-ring (bicyclic) bond motifs is 2. The van der Waals surface area contributed by atoms with Crippen LogP contribution in [0.2, 0.25) is 0 Å². The zero-order valence-corrected chi connectivity index (χ0v) is 41.1. The van der Waals surface area contributed by atoms with Crippen LogP contribution in [0.25, 0.3) is 0 Å². The molecule has 2 bridgehead atoms. The Morgan fingerprint density at radius 1 is 0.764 bits per heavy atom. The number of hydrogen-bond donors (Lipinski definition) is 14. The molecule has 3 aliphatic heterocycles. The van der Waals surface area contributed by atoms with Crippen LogP contribution in [0.1, 0.15) is 77.8 Å². The number of H-pyrrole nitrogens is 1. The number of ether oxygens (including phenoxy) is 4. The van der Waals surface area contributed by atoms with Crippen molar-refractivity contribution in [3.05, 3.63) is 103 Å². The number of cyclic esters (lactones) is 1. The fourth-order valence-corrected chi connectivity index (χ4v) is 8.65. The molecular formula is C51H78N4O17. The van der Waals surface area contributed by atoms with Gasteiger partial charge in [0.2, 0.25) is 5.91 Å². The van der Waals surface area contributed by atoms with Gasteiger partial charge in [-0.1, -0.05) is 98.9 Å². The maximum absolute atomic E-state index is 13.9. The molecule has 15 N–H and O–H groups in total. The quantitative estimate of drug-likeness (QED) is 0.162. The third-order valence-corrected chi connectivity index (χ3v) is 13.0. The van der Waals surface area contributed by atoms with Crippen LogP contribution in [0.15, 0.2) is 97.6 Å². The molecule has 3 aliphatic rings. The number of carbonyl (C=O) groups is 2. The first kappa shape index (κ1) is 60.3. The minimum atomic E-state index is -2.32. The summed E-state index contributed by atoms with van der Waals surface area (Å²) in [6.45, 7) is 5.33. The fraction of sp³-hybridized carbons (Fsp3) is 0.627. The van der Waals surface area contributed by atoms with Crippen molar-refractivity contribution in [2.24, 2.45) is 23.5 Å². The Labute approximate surface area is 420 Å². The lowest BCUT2D eigenvalue weighted by molar-refractivity contribution is -0.331. The van der Waals surface area contributed by atoms with Gasteiger partial charge in [-0.3, -0.25) is 9.59 Å². The van der Waals surface area contributed by atoms with Gasteiger partial charge in [-0.25, -0.2) is 4.98 Å². The van der Waals surface area contributed by atoms with Crippen molar-refractivity contribution < 1.29 is 84.7 Å². The zero-order chi connectivity index (χ0) is 53.0. The summed E-state index contributed by atoms with van der Waals surface area (Å²) in [5.74, 6) is -5.81. The Morgan fingerprint density at radius 2 is 1.39 bits per heavy atom. The van der Waals surface area contributed by atoms with Crippen molar-refractivity contribution in [3.63, 3.8) is 0 Å². The minimum Gasteiger partial charge on any atom is -0.462 e. The summed E-state index contributed by atoms with van der Waals surface area (Å²) in [4.78, 5) is 33.5. The summed E-state index contributed by atoms with van der Waals surface area (Å²) < 4.78 is 23.1. The normalized spacial score (nSPS) is 39.1. The van der Waals surface area contributed by atoms with Crippen LogP contribution in [0.4, 0.5) is 0 Å². The first-order chi connectivity index (χ1) is 34.2. The van der Waals surface area contributed by atoms with E-state index in [-0.39, 0.29) is 38.1 Å². The van der Waals surface area contributed by atoms with E-state index in [1.54, 1.807) is 86.9 Å². The number of imidazole rings is 1. The standard InChI is InChI=1S/C51H78N4O17/c1-30-16-14-12-10-8-6-4-5-7-9-11-13-15-17-37(70-50-47(65)44(52)46(64)49(67)71-50)25-41-43(48(66)54-21-20-33-28-53-29-55-33)40(61)27-51(68,72-41)26-36(58)23-39(60)38(59)19-18-34(56)22-35(57)24-42(62)69-32(3)31(2)45(30)63/h4-17,28-32,34-41,43-47,49-50,56-61,63-65,67-68H,18-27,52H2,1-3H3,(H,53,55)(H,54,66)/t30?,31-,32-,34+,35+,36-,37-,38+,39+,40-,41-,43+,44-,45+,46-,47-,49-,50?,51+/m0/s1. The van der Waals surface area contributed by atoms with Gasteiger partial charge in [0, 0.05) is 62.4 Å². The number of aliphatic hydroxyl groups is 11. The maximum atomic E-state index is 13.9. The van der Waals surface area contributed by atoms with Crippen LogP contribution >= 0.6 is 0 Å². The number of rotatable bonds is 6. The lowest BCUT2D eigenvalue weighted by Gasteiger charge is -2.46. The van der Waals surface area contributed by atoms with Crippen molar-refractivity contribution in [3.8, 4) is 0 Å². The van der Waals surface area contributed by atoms with Crippen LogP contribution in [0.3, 0.4) is 0 Å². The number of nitrogens with two attached hydrogens (primary N) is 1. The number of hydrogen-bond acceptors (Lipinski definition) is 19. The molecule has 4 rings (SSSR count). The number of amides is 1. The number of nitrogens with zero attached hydrogens (tertiary/aromatic N) is 1. The molecule has 72 heavy (non-hydrogen) atoms. The van der Waals surface area contributed by atoms with E-state index in [2.05, 4.69) is 15.3 Å². The van der Waals surface area contributed by atoms with Crippen molar-refractivity contribution in [1.82, 2.24) is 15.3 Å². The van der Waals surface area contributed by atoms with Gasteiger partial charge in [0.25, 0.3) is 0 Å². The van der Waals surface area contributed by atoms with Crippen LogP contribution in [0.5, 0.6) is 0 Å². The second-order valence-corrected chi connectivity index (χ2v) is 19.0. The first-order valence-corrected chi connectivity index (χ1v) is 24.6. The summed E-state index contributed by atoms with van der Waals surface area (Å²) in [7, 11) is 0. The highest BCUT2D eigenvalue weighted by atomic mass is 16.7. The SMILES string of the molecule is CC1C=CC=CC=CC=CC=CC=CC=C[C@H](OC2O[C@H](O)[C@@H](O)[C@H](N)[C@@H]2O)C[C@@H]2O[C@](O)(C[C@@H](O)C[C@@H](O)[C@H](O)CC[C@@H](O)C[C@@H](O)CC(=O)O[C@@H](C)[C@H](C)[C@@H]1O)C[C@H](O)[C@H]2C(=O)NCCc1cnc[nH]1. The van der Waals surface area contributed by atoms with Gasteiger partial charge in [0.05, 0.1) is 79.6 Å². The van der Waals surface area contributed by atoms with E-state index in [0.29, 0.717) is 6.42 Å². The Morgan fingerprint density at radius 3 is 2.01 bits per heavy atom. The molecule has 0 aliphatic carbocycles. The summed E-state index contributed by atoms with van der Waals surface area (Å²) in [5, 5.41) is 123. The molecule has 2 saturated heterocycles. The highest BCUT2D eigenvalue weighted by molar-refractivity contribution is 5.80. The molecule has 0 radical (unpaired) electrons. The van der Waals surface area contributed by atoms with Crippen LogP contribution in [-0.2, 0) is 35.0 Å². The van der Waals surface area contributed by atoms with E-state index in [9.17, 15) is 65.8 Å². The molecule has 0 aromatic carbocycles. The van der Waals surface area contributed by atoms with Gasteiger partial charge in [0.1, 0.15) is 18.3 Å². The fourth-order valence-electron chi connectivity index (χ4n) is 8.65. The van der Waals surface area contributed by atoms with Gasteiger partial charge >= 0.3 is 5.97 Å². The molecule has 4 heterocycles. The number of aliphatic hydroxyl groups excluding tert-OH is 10. The molecule has 1 aromatic heterocycles. The van der Waals surface area contributed by atoms with Crippen molar-refractivity contribution in [2.45, 2.75) is 176 Å². The molecule has 2 unspecified atom stereocenters. The molecule has 2 fully saturated rings. The van der Waals surface area contributed by atoms with Crippen LogP contribution in [-0.4, -0.2) is 182 Å². The first-order valence-electron chi connectivity index (χ1n) is 24.6. The number of esters is 1. The van der Waals surface area contributed by atoms with E-state index < -0.39 is 147 Å². The van der Waals surface area contributed by atoms with E-state index in [0.717, 1.165) is 5.69 Å². The predicted molar refractivity (Wildman–Crippen MR) is 261 cm³/mol. The maximum Gasteiger partial charge on any atom is 0.308 e. The number of aromatic nitrogens is 2. The molecule has 21 heteroatoms. The number of allylic oxidation sites excluding steroid dienone is 12. The second-order valence-electron chi connectivity index (χ2n) is 19.0. The summed E-state index contributed by atoms with van der Waals surface area (Å²) in [6.07, 6.45) is 5.19. The Hall–Kier alpha value is -4.27. The zero-order valence-electron chi connectivity index (χ0n) is 41.1. The Balaban J connectivity index is 1.60. The monoisotopic (exact) mass is 1020 g/mol. The van der Waals surface area contributed by atoms with E-state index in [4.69, 9.17) is 24.7 Å². The average Bonchev–Trinajstić information content (AvgIpc) is 3.84. The summed E-state index contributed by atoms with van der Waals surface area (Å²) in [6, 6.07) is -1.39. The van der Waals surface area contributed by atoms with Gasteiger partial charge in [0.15, 0.2) is 18.4 Å². The second kappa shape index (κ2) is 30.2. The molecule has 21 nitrogen and oxygen atoms in total. The summed E-state index contributed by atoms with van der Waals surface area (Å²) in [5.41, 5.74) is 6.68. The Kier molecular flexibility index (Phi) is 25.3. The third-order valence-electron chi connectivity index (χ3n) is 13.0. The molecular weight excluding hydrogens is 941 g/mol. The van der Waals surface area contributed by atoms with Crippen LogP contribution in [0, 0.1) is 17.8 Å². The van der Waals surface area contributed by atoms with E-state index in [1.165, 1.54) is 12.4 Å². The van der Waals surface area contributed by atoms with Gasteiger partial charge in [-0.05, 0) is 26.2 Å². The largest absolute Gasteiger partial charge is 0.462 e. The van der Waals surface area contributed by atoms with Crippen molar-refractivity contribution in [2.75, 3.05) is 6.54 Å². The highest BCUT2D eigenvalue weighted by Crippen LogP contribution is 2.38. The number of aromatic amines is 1. The lowest BCUT2D eigenvalue weighted by Crippen LogP contribution is -2.62. The highest BCUT2D eigenvalue weighted by Gasteiger charge is 2.51. The topological polar surface area (TPSA) is 360 Å². The van der Waals surface area contributed by atoms with Crippen molar-refractivity contribution in [1.29, 1.82) is 0 Å². The summed E-state index contributed by atoms with van der Waals surface area (Å²) >= 11 is 0. The van der Waals surface area contributed by atoms with E-state index in [1.807, 2.05) is 19.1 Å². The molecule has 404 valence electrons. The molecule has 0 saturated carbocycles. The van der Waals surface area contributed by atoms with Crippen LogP contribution < -0.4 is 11.1 Å². The molecule has 19 atom stereocenters. The van der Waals surface area contributed by atoms with Gasteiger partial charge in [-0.2, -0.15) is 0 Å². The predicted octanol–water partition coefficient (Wildman–Crippen LogP) is -0.361. The molecule has 1 amide bonds. The van der Waals surface area contributed by atoms with E-state index >= 15 is 0 Å². The third kappa shape index (κ3) is 19.9. The molecule has 0 spiro atoms. The Bertz CT molecular complexity index is 1980. The smallest absolute Gasteiger partial charge is 0.308 e. The average molecular weight is 1020 g/mol. The van der Waals surface area contributed by atoms with Gasteiger partial charge < -0.3 is 91.2 Å². The molecule has 1 aromatic rings.